The number of amides is 1. The summed E-state index contributed by atoms with van der Waals surface area (Å²) in [5.41, 5.74) is 6.00. The molecule has 0 bridgehead atoms. The number of nitrogens with one attached hydrogen (secondary N) is 1. The number of aromatic nitrogens is 3. The predicted molar refractivity (Wildman–Crippen MR) is 89.4 cm³/mol. The number of rotatable bonds is 6. The van der Waals surface area contributed by atoms with Crippen molar-refractivity contribution < 1.29 is 4.79 Å². The van der Waals surface area contributed by atoms with Crippen LogP contribution in [0.15, 0.2) is 29.1 Å². The predicted octanol–water partition coefficient (Wildman–Crippen LogP) is 0.457. The van der Waals surface area contributed by atoms with Crippen LogP contribution in [0.1, 0.15) is 19.3 Å². The van der Waals surface area contributed by atoms with E-state index in [-0.39, 0.29) is 42.9 Å². The van der Waals surface area contributed by atoms with Gasteiger partial charge < -0.3 is 11.1 Å². The standard InChI is InChI=1S/C15H19N5O2.ClH/c16-9-13(10-5-6-10)17-14(21)7-8-20-15(22)11-3-1-2-4-12(11)18-19-20;/h1-4,10,13H,5-9,16H2,(H,17,21);1H. The Morgan fingerprint density at radius 1 is 1.39 bits per heavy atom. The zero-order valence-corrected chi connectivity index (χ0v) is 13.5. The van der Waals surface area contributed by atoms with Gasteiger partial charge in [-0.3, -0.25) is 9.59 Å². The lowest BCUT2D eigenvalue weighted by molar-refractivity contribution is -0.122. The lowest BCUT2D eigenvalue weighted by atomic mass is 10.2. The van der Waals surface area contributed by atoms with Gasteiger partial charge in [0.05, 0.1) is 11.9 Å². The number of nitrogens with zero attached hydrogens (tertiary/aromatic N) is 3. The first-order valence-electron chi connectivity index (χ1n) is 7.51. The molecule has 1 aliphatic rings. The van der Waals surface area contributed by atoms with Gasteiger partial charge in [-0.15, -0.1) is 17.5 Å². The summed E-state index contributed by atoms with van der Waals surface area (Å²) in [6, 6.07) is 7.08. The van der Waals surface area contributed by atoms with Gasteiger partial charge in [0.2, 0.25) is 5.91 Å². The summed E-state index contributed by atoms with van der Waals surface area (Å²) in [6.07, 6.45) is 2.44. The smallest absolute Gasteiger partial charge is 0.277 e. The normalized spacial score (nSPS) is 15.0. The highest BCUT2D eigenvalue weighted by Crippen LogP contribution is 2.32. The van der Waals surface area contributed by atoms with Crippen molar-refractivity contribution in [1.29, 1.82) is 0 Å². The second kappa shape index (κ2) is 7.52. The molecule has 2 aromatic rings. The molecule has 0 aliphatic heterocycles. The van der Waals surface area contributed by atoms with Crippen molar-refractivity contribution in [3.8, 4) is 0 Å². The van der Waals surface area contributed by atoms with Crippen LogP contribution in [0.25, 0.3) is 10.9 Å². The maximum Gasteiger partial charge on any atom is 0.277 e. The molecule has 1 aromatic heterocycles. The molecule has 124 valence electrons. The number of aryl methyl sites for hydroxylation is 1. The maximum atomic E-state index is 12.2. The van der Waals surface area contributed by atoms with Gasteiger partial charge in [-0.2, -0.15) is 0 Å². The number of carbonyl (C=O) groups is 1. The molecule has 3 N–H and O–H groups in total. The van der Waals surface area contributed by atoms with Crippen LogP contribution in [0.5, 0.6) is 0 Å². The molecule has 23 heavy (non-hydrogen) atoms. The van der Waals surface area contributed by atoms with Gasteiger partial charge in [-0.05, 0) is 30.9 Å². The van der Waals surface area contributed by atoms with Gasteiger partial charge in [0.1, 0.15) is 5.52 Å². The van der Waals surface area contributed by atoms with E-state index in [1.807, 2.05) is 0 Å². The molecule has 1 unspecified atom stereocenters. The molecule has 1 heterocycles. The maximum absolute atomic E-state index is 12.2. The van der Waals surface area contributed by atoms with E-state index in [4.69, 9.17) is 5.73 Å². The minimum absolute atomic E-state index is 0. The first-order valence-corrected chi connectivity index (χ1v) is 7.51. The molecule has 0 radical (unpaired) electrons. The zero-order chi connectivity index (χ0) is 15.5. The van der Waals surface area contributed by atoms with Crippen molar-refractivity contribution >= 4 is 29.2 Å². The SMILES string of the molecule is Cl.NCC(NC(=O)CCn1nnc2ccccc2c1=O)C1CC1. The summed E-state index contributed by atoms with van der Waals surface area (Å²) in [5, 5.41) is 11.3. The third kappa shape index (κ3) is 4.05. The zero-order valence-electron chi connectivity index (χ0n) is 12.6. The van der Waals surface area contributed by atoms with Crippen molar-refractivity contribution in [3.05, 3.63) is 34.6 Å². The fourth-order valence-electron chi connectivity index (χ4n) is 2.52. The van der Waals surface area contributed by atoms with E-state index in [0.717, 1.165) is 12.8 Å². The highest BCUT2D eigenvalue weighted by molar-refractivity contribution is 5.85. The fraction of sp³-hybridized carbons (Fsp3) is 0.467. The molecular weight excluding hydrogens is 318 g/mol. The van der Waals surface area contributed by atoms with Gasteiger partial charge in [-0.1, -0.05) is 17.3 Å². The Morgan fingerprint density at radius 3 is 2.83 bits per heavy atom. The van der Waals surface area contributed by atoms with E-state index in [1.54, 1.807) is 24.3 Å². The van der Waals surface area contributed by atoms with Crippen molar-refractivity contribution in [1.82, 2.24) is 20.3 Å². The van der Waals surface area contributed by atoms with Crippen LogP contribution in [0.4, 0.5) is 0 Å². The van der Waals surface area contributed by atoms with Crippen molar-refractivity contribution in [2.75, 3.05) is 6.54 Å². The van der Waals surface area contributed by atoms with Crippen molar-refractivity contribution in [2.45, 2.75) is 31.8 Å². The molecule has 7 nitrogen and oxygen atoms in total. The van der Waals surface area contributed by atoms with Crippen LogP contribution in [-0.2, 0) is 11.3 Å². The number of carbonyl (C=O) groups excluding carboxylic acids is 1. The quantitative estimate of drug-likeness (QED) is 0.797. The minimum Gasteiger partial charge on any atom is -0.352 e. The largest absolute Gasteiger partial charge is 0.352 e. The monoisotopic (exact) mass is 337 g/mol. The van der Waals surface area contributed by atoms with Crippen molar-refractivity contribution in [2.24, 2.45) is 11.7 Å². The number of halogens is 1. The number of benzene rings is 1. The van der Waals surface area contributed by atoms with Crippen LogP contribution >= 0.6 is 12.4 Å². The number of hydrogen-bond acceptors (Lipinski definition) is 5. The number of hydrogen-bond donors (Lipinski definition) is 2. The summed E-state index contributed by atoms with van der Waals surface area (Å²) in [5.74, 6) is 0.404. The molecule has 1 aliphatic carbocycles. The third-order valence-corrected chi connectivity index (χ3v) is 3.97. The lowest BCUT2D eigenvalue weighted by Gasteiger charge is -2.15. The first-order chi connectivity index (χ1) is 10.7. The highest BCUT2D eigenvalue weighted by Gasteiger charge is 2.31. The summed E-state index contributed by atoms with van der Waals surface area (Å²) in [7, 11) is 0. The summed E-state index contributed by atoms with van der Waals surface area (Å²) in [6.45, 7) is 0.663. The second-order valence-corrected chi connectivity index (χ2v) is 5.63. The topological polar surface area (TPSA) is 103 Å². The summed E-state index contributed by atoms with van der Waals surface area (Å²) >= 11 is 0. The molecule has 1 fully saturated rings. The Kier molecular flexibility index (Phi) is 5.68. The van der Waals surface area contributed by atoms with Crippen LogP contribution in [0.3, 0.4) is 0 Å². The third-order valence-electron chi connectivity index (χ3n) is 3.97. The highest BCUT2D eigenvalue weighted by atomic mass is 35.5. The molecule has 0 saturated heterocycles. The van der Waals surface area contributed by atoms with Crippen LogP contribution < -0.4 is 16.6 Å². The van der Waals surface area contributed by atoms with E-state index >= 15 is 0 Å². The average molecular weight is 338 g/mol. The molecule has 0 spiro atoms. The number of nitrogens with two attached hydrogens (primary N) is 1. The Balaban J connectivity index is 0.00000192. The van der Waals surface area contributed by atoms with Crippen LogP contribution in [-0.4, -0.2) is 33.5 Å². The summed E-state index contributed by atoms with van der Waals surface area (Å²) in [4.78, 5) is 24.2. The van der Waals surface area contributed by atoms with Crippen molar-refractivity contribution in [3.63, 3.8) is 0 Å². The molecule has 1 saturated carbocycles. The van der Waals surface area contributed by atoms with Crippen LogP contribution in [0, 0.1) is 5.92 Å². The second-order valence-electron chi connectivity index (χ2n) is 5.63. The van der Waals surface area contributed by atoms with E-state index in [1.165, 1.54) is 4.68 Å². The fourth-order valence-corrected chi connectivity index (χ4v) is 2.52. The molecule has 8 heteroatoms. The minimum atomic E-state index is -0.226. The first kappa shape index (κ1) is 17.4. The summed E-state index contributed by atoms with van der Waals surface area (Å²) < 4.78 is 1.23. The average Bonchev–Trinajstić information content (AvgIpc) is 3.37. The molecule has 1 atom stereocenters. The Bertz CT molecular complexity index is 744. The number of fused-ring (bicyclic) bond motifs is 1. The van der Waals surface area contributed by atoms with Crippen LogP contribution in [0.2, 0.25) is 0 Å². The van der Waals surface area contributed by atoms with Gasteiger partial charge in [0.25, 0.3) is 5.56 Å². The molecule has 3 rings (SSSR count). The molecule has 1 aromatic carbocycles. The van der Waals surface area contributed by atoms with Gasteiger partial charge in [0, 0.05) is 19.0 Å². The Morgan fingerprint density at radius 2 is 2.13 bits per heavy atom. The van der Waals surface area contributed by atoms with E-state index in [0.29, 0.717) is 23.4 Å². The lowest BCUT2D eigenvalue weighted by Crippen LogP contribution is -2.42. The molecule has 1 amide bonds. The van der Waals surface area contributed by atoms with Gasteiger partial charge in [0.15, 0.2) is 0 Å². The van der Waals surface area contributed by atoms with Gasteiger partial charge in [-0.25, -0.2) is 4.68 Å². The van der Waals surface area contributed by atoms with E-state index in [9.17, 15) is 9.59 Å². The van der Waals surface area contributed by atoms with Gasteiger partial charge >= 0.3 is 0 Å². The molecular formula is C15H20ClN5O2. The van der Waals surface area contributed by atoms with E-state index in [2.05, 4.69) is 15.6 Å². The Hall–Kier alpha value is -1.99. The van der Waals surface area contributed by atoms with E-state index < -0.39 is 0 Å². The Labute approximate surface area is 139 Å².